The second-order valence-corrected chi connectivity index (χ2v) is 6.05. The van der Waals surface area contributed by atoms with Gasteiger partial charge in [0, 0.05) is 29.8 Å². The summed E-state index contributed by atoms with van der Waals surface area (Å²) in [6, 6.07) is 12.1. The van der Waals surface area contributed by atoms with Crippen molar-refractivity contribution in [3.05, 3.63) is 58.1 Å². The summed E-state index contributed by atoms with van der Waals surface area (Å²) in [4.78, 5) is 26.3. The molecule has 0 atom stereocenters. The van der Waals surface area contributed by atoms with E-state index in [-0.39, 0.29) is 0 Å². The van der Waals surface area contributed by atoms with Gasteiger partial charge in [-0.1, -0.05) is 6.07 Å². The summed E-state index contributed by atoms with van der Waals surface area (Å²) in [6.45, 7) is 0. The Bertz CT molecular complexity index is 762. The predicted molar refractivity (Wildman–Crippen MR) is 96.4 cm³/mol. The molecule has 0 unspecified atom stereocenters. The molecule has 0 saturated heterocycles. The fourth-order valence-electron chi connectivity index (χ4n) is 1.98. The minimum atomic E-state index is -0.446. The predicted octanol–water partition coefficient (Wildman–Crippen LogP) is 2.60. The van der Waals surface area contributed by atoms with Gasteiger partial charge in [-0.05, 0) is 52.3 Å². The van der Waals surface area contributed by atoms with Crippen molar-refractivity contribution in [3.8, 4) is 5.75 Å². The first-order valence-corrected chi connectivity index (χ1v) is 7.93. The van der Waals surface area contributed by atoms with E-state index in [0.29, 0.717) is 21.3 Å². The van der Waals surface area contributed by atoms with Crippen LogP contribution < -0.4 is 20.5 Å². The number of anilines is 1. The number of hydrazine groups is 1. The lowest BCUT2D eigenvalue weighted by molar-refractivity contribution is 0.0846. The quantitative estimate of drug-likeness (QED) is 0.785. The van der Waals surface area contributed by atoms with Gasteiger partial charge in [0.25, 0.3) is 11.8 Å². The van der Waals surface area contributed by atoms with Gasteiger partial charge in [0.15, 0.2) is 0 Å². The Morgan fingerprint density at radius 1 is 1.04 bits per heavy atom. The zero-order valence-corrected chi connectivity index (χ0v) is 15.2. The molecule has 2 amide bonds. The number of benzene rings is 2. The van der Waals surface area contributed by atoms with E-state index in [1.807, 2.05) is 25.1 Å². The Kier molecular flexibility index (Phi) is 5.81. The van der Waals surface area contributed by atoms with Crippen LogP contribution >= 0.6 is 15.9 Å². The summed E-state index contributed by atoms with van der Waals surface area (Å²) >= 11 is 3.30. The Balaban J connectivity index is 2.06. The van der Waals surface area contributed by atoms with Crippen molar-refractivity contribution in [2.45, 2.75) is 0 Å². The highest BCUT2D eigenvalue weighted by atomic mass is 79.9. The number of hydrogen-bond acceptors (Lipinski definition) is 4. The van der Waals surface area contributed by atoms with E-state index in [1.54, 1.807) is 36.4 Å². The van der Waals surface area contributed by atoms with Crippen LogP contribution in [0, 0.1) is 0 Å². The Hall–Kier alpha value is -2.54. The van der Waals surface area contributed by atoms with Crippen LogP contribution in [0.4, 0.5) is 5.69 Å². The molecule has 0 aromatic heterocycles. The van der Waals surface area contributed by atoms with Crippen molar-refractivity contribution in [1.29, 1.82) is 0 Å². The molecule has 0 aliphatic heterocycles. The Labute approximate surface area is 148 Å². The molecular formula is C17H18BrN3O3. The van der Waals surface area contributed by atoms with E-state index >= 15 is 0 Å². The molecule has 0 fully saturated rings. The number of ether oxygens (including phenoxy) is 1. The number of nitrogens with zero attached hydrogens (tertiary/aromatic N) is 1. The van der Waals surface area contributed by atoms with E-state index < -0.39 is 11.8 Å². The molecule has 0 bridgehead atoms. The summed E-state index contributed by atoms with van der Waals surface area (Å²) in [7, 11) is 5.29. The third kappa shape index (κ3) is 4.26. The van der Waals surface area contributed by atoms with Gasteiger partial charge in [0.1, 0.15) is 5.75 Å². The number of amides is 2. The van der Waals surface area contributed by atoms with Gasteiger partial charge in [-0.2, -0.15) is 0 Å². The van der Waals surface area contributed by atoms with Gasteiger partial charge < -0.3 is 9.64 Å². The van der Waals surface area contributed by atoms with Crippen molar-refractivity contribution in [2.24, 2.45) is 0 Å². The first-order valence-electron chi connectivity index (χ1n) is 7.14. The number of rotatable bonds is 4. The standard InChI is InChI=1S/C17H18BrN3O3/c1-21(2)12-6-4-5-11(9-12)16(22)19-20-17(23)14-10-13(24-3)7-8-15(14)18/h4-10H,1-3H3,(H,19,22)(H,20,23). The smallest absolute Gasteiger partial charge is 0.270 e. The van der Waals surface area contributed by atoms with E-state index in [4.69, 9.17) is 4.74 Å². The van der Waals surface area contributed by atoms with Crippen LogP contribution in [0.25, 0.3) is 0 Å². The number of nitrogens with one attached hydrogen (secondary N) is 2. The lowest BCUT2D eigenvalue weighted by atomic mass is 10.2. The fraction of sp³-hybridized carbons (Fsp3) is 0.176. The maximum absolute atomic E-state index is 12.2. The zero-order chi connectivity index (χ0) is 17.7. The average Bonchev–Trinajstić information content (AvgIpc) is 2.59. The highest BCUT2D eigenvalue weighted by molar-refractivity contribution is 9.10. The molecule has 0 saturated carbocycles. The van der Waals surface area contributed by atoms with Crippen molar-refractivity contribution in [3.63, 3.8) is 0 Å². The minimum absolute atomic E-state index is 0.358. The molecule has 6 nitrogen and oxygen atoms in total. The highest BCUT2D eigenvalue weighted by Gasteiger charge is 2.13. The van der Waals surface area contributed by atoms with Gasteiger partial charge in [0.05, 0.1) is 12.7 Å². The summed E-state index contributed by atoms with van der Waals surface area (Å²) in [6.07, 6.45) is 0. The lowest BCUT2D eigenvalue weighted by Crippen LogP contribution is -2.41. The van der Waals surface area contributed by atoms with Crippen molar-refractivity contribution in [2.75, 3.05) is 26.1 Å². The lowest BCUT2D eigenvalue weighted by Gasteiger charge is -2.14. The topological polar surface area (TPSA) is 70.7 Å². The molecule has 0 aliphatic carbocycles. The second-order valence-electron chi connectivity index (χ2n) is 5.20. The van der Waals surface area contributed by atoms with Crippen LogP contribution in [0.2, 0.25) is 0 Å². The van der Waals surface area contributed by atoms with Crippen LogP contribution in [0.3, 0.4) is 0 Å². The van der Waals surface area contributed by atoms with Gasteiger partial charge in [-0.25, -0.2) is 0 Å². The number of hydrogen-bond donors (Lipinski definition) is 2. The number of carbonyl (C=O) groups excluding carboxylic acids is 2. The molecule has 7 heteroatoms. The van der Waals surface area contributed by atoms with E-state index in [9.17, 15) is 9.59 Å². The van der Waals surface area contributed by atoms with Crippen LogP contribution in [-0.4, -0.2) is 33.0 Å². The largest absolute Gasteiger partial charge is 0.497 e. The molecule has 2 aromatic carbocycles. The molecule has 2 N–H and O–H groups in total. The van der Waals surface area contributed by atoms with Crippen LogP contribution in [-0.2, 0) is 0 Å². The maximum Gasteiger partial charge on any atom is 0.270 e. The molecule has 0 heterocycles. The molecule has 24 heavy (non-hydrogen) atoms. The Morgan fingerprint density at radius 2 is 1.75 bits per heavy atom. The van der Waals surface area contributed by atoms with Gasteiger partial charge in [-0.3, -0.25) is 20.4 Å². The number of methoxy groups -OCH3 is 1. The first-order chi connectivity index (χ1) is 11.4. The molecule has 126 valence electrons. The first kappa shape index (κ1) is 17.8. The zero-order valence-electron chi connectivity index (χ0n) is 13.6. The van der Waals surface area contributed by atoms with E-state index in [1.165, 1.54) is 7.11 Å². The molecular weight excluding hydrogens is 374 g/mol. The second kappa shape index (κ2) is 7.83. The van der Waals surface area contributed by atoms with E-state index in [2.05, 4.69) is 26.8 Å². The third-order valence-corrected chi connectivity index (χ3v) is 4.02. The van der Waals surface area contributed by atoms with Crippen LogP contribution in [0.15, 0.2) is 46.9 Å². The van der Waals surface area contributed by atoms with Crippen molar-refractivity contribution >= 4 is 33.4 Å². The van der Waals surface area contributed by atoms with Gasteiger partial charge >= 0.3 is 0 Å². The average molecular weight is 392 g/mol. The molecule has 2 rings (SSSR count). The van der Waals surface area contributed by atoms with Crippen molar-refractivity contribution in [1.82, 2.24) is 10.9 Å². The monoisotopic (exact) mass is 391 g/mol. The number of halogens is 1. The summed E-state index contributed by atoms with van der Waals surface area (Å²) in [5.74, 6) is -0.294. The van der Waals surface area contributed by atoms with Gasteiger partial charge in [-0.15, -0.1) is 0 Å². The van der Waals surface area contributed by atoms with Crippen molar-refractivity contribution < 1.29 is 14.3 Å². The summed E-state index contributed by atoms with van der Waals surface area (Å²) < 4.78 is 5.70. The summed E-state index contributed by atoms with van der Waals surface area (Å²) in [5, 5.41) is 0. The normalized spacial score (nSPS) is 10.0. The number of carbonyl (C=O) groups is 2. The Morgan fingerprint density at radius 3 is 2.42 bits per heavy atom. The molecule has 0 aliphatic rings. The minimum Gasteiger partial charge on any atom is -0.497 e. The van der Waals surface area contributed by atoms with Crippen LogP contribution in [0.1, 0.15) is 20.7 Å². The van der Waals surface area contributed by atoms with Crippen LogP contribution in [0.5, 0.6) is 5.75 Å². The van der Waals surface area contributed by atoms with Gasteiger partial charge in [0.2, 0.25) is 0 Å². The maximum atomic E-state index is 12.2. The highest BCUT2D eigenvalue weighted by Crippen LogP contribution is 2.22. The molecule has 0 radical (unpaired) electrons. The fourth-order valence-corrected chi connectivity index (χ4v) is 2.41. The SMILES string of the molecule is COc1ccc(Br)c(C(=O)NNC(=O)c2cccc(N(C)C)c2)c1. The summed E-state index contributed by atoms with van der Waals surface area (Å²) in [5.41, 5.74) is 6.51. The molecule has 2 aromatic rings. The third-order valence-electron chi connectivity index (χ3n) is 3.33. The molecule has 0 spiro atoms. The van der Waals surface area contributed by atoms with E-state index in [0.717, 1.165) is 5.69 Å².